The standard InChI is InChI=1S/C24H33ClN4O3/c1-4-28(5-2)14-15-32-22-16-20(7-8-21(22)31-3)27-24(30)18-10-12-29(13-11-18)23-9-6-19(25)17-26-23/h6-9,16-18H,4-5,10-15H2,1-3H3,(H,27,30). The number of nitrogens with zero attached hydrogens (tertiary/aromatic N) is 3. The van der Waals surface area contributed by atoms with Crippen molar-refractivity contribution in [1.82, 2.24) is 9.88 Å². The summed E-state index contributed by atoms with van der Waals surface area (Å²) in [5, 5.41) is 3.67. The monoisotopic (exact) mass is 460 g/mol. The fourth-order valence-corrected chi connectivity index (χ4v) is 3.97. The third-order valence-electron chi connectivity index (χ3n) is 5.89. The second kappa shape index (κ2) is 11.9. The lowest BCUT2D eigenvalue weighted by Gasteiger charge is -2.32. The molecule has 7 nitrogen and oxygen atoms in total. The van der Waals surface area contributed by atoms with E-state index in [1.165, 1.54) is 0 Å². The maximum Gasteiger partial charge on any atom is 0.227 e. The molecule has 1 aromatic heterocycles. The van der Waals surface area contributed by atoms with Crippen LogP contribution in [0.25, 0.3) is 0 Å². The number of hydrogen-bond acceptors (Lipinski definition) is 6. The predicted octanol–water partition coefficient (Wildman–Crippen LogP) is 4.32. The Morgan fingerprint density at radius 1 is 1.19 bits per heavy atom. The van der Waals surface area contributed by atoms with Crippen LogP contribution in [0.15, 0.2) is 36.5 Å². The molecule has 2 aromatic rings. The van der Waals surface area contributed by atoms with E-state index in [-0.39, 0.29) is 11.8 Å². The van der Waals surface area contributed by atoms with Crippen molar-refractivity contribution in [3.8, 4) is 11.5 Å². The molecule has 0 saturated carbocycles. The van der Waals surface area contributed by atoms with Gasteiger partial charge in [-0.15, -0.1) is 0 Å². The Morgan fingerprint density at radius 2 is 1.94 bits per heavy atom. The third-order valence-corrected chi connectivity index (χ3v) is 6.12. The number of carbonyl (C=O) groups excluding carboxylic acids is 1. The van der Waals surface area contributed by atoms with Crippen LogP contribution < -0.4 is 19.7 Å². The Hall–Kier alpha value is -2.51. The number of amides is 1. The van der Waals surface area contributed by atoms with Gasteiger partial charge in [0.05, 0.1) is 12.1 Å². The van der Waals surface area contributed by atoms with Gasteiger partial charge in [0.1, 0.15) is 12.4 Å². The van der Waals surface area contributed by atoms with E-state index in [1.54, 1.807) is 13.3 Å². The van der Waals surface area contributed by atoms with E-state index in [9.17, 15) is 4.79 Å². The highest BCUT2D eigenvalue weighted by Crippen LogP contribution is 2.31. The van der Waals surface area contributed by atoms with Crippen molar-refractivity contribution in [3.63, 3.8) is 0 Å². The van der Waals surface area contributed by atoms with E-state index in [1.807, 2.05) is 30.3 Å². The van der Waals surface area contributed by atoms with Crippen LogP contribution in [0.2, 0.25) is 5.02 Å². The number of carbonyl (C=O) groups is 1. The number of nitrogens with one attached hydrogen (secondary N) is 1. The number of halogens is 1. The Kier molecular flexibility index (Phi) is 9.00. The molecule has 0 atom stereocenters. The van der Waals surface area contributed by atoms with E-state index < -0.39 is 0 Å². The van der Waals surface area contributed by atoms with Gasteiger partial charge >= 0.3 is 0 Å². The molecule has 1 aliphatic rings. The van der Waals surface area contributed by atoms with E-state index in [0.717, 1.165) is 57.1 Å². The topological polar surface area (TPSA) is 66.9 Å². The first-order valence-corrected chi connectivity index (χ1v) is 11.6. The van der Waals surface area contributed by atoms with Gasteiger partial charge in [-0.05, 0) is 50.2 Å². The van der Waals surface area contributed by atoms with Crippen LogP contribution >= 0.6 is 11.6 Å². The minimum atomic E-state index is -0.0345. The Bertz CT molecular complexity index is 866. The smallest absolute Gasteiger partial charge is 0.227 e. The SMILES string of the molecule is CCN(CC)CCOc1cc(NC(=O)C2CCN(c3ccc(Cl)cn3)CC2)ccc1OC. The summed E-state index contributed by atoms with van der Waals surface area (Å²) in [6.45, 7) is 9.22. The lowest BCUT2D eigenvalue weighted by molar-refractivity contribution is -0.120. The molecule has 0 bridgehead atoms. The molecule has 0 radical (unpaired) electrons. The van der Waals surface area contributed by atoms with Crippen molar-refractivity contribution in [3.05, 3.63) is 41.6 Å². The second-order valence-corrected chi connectivity index (χ2v) is 8.26. The highest BCUT2D eigenvalue weighted by Gasteiger charge is 2.26. The molecule has 0 aliphatic carbocycles. The zero-order valence-electron chi connectivity index (χ0n) is 19.1. The summed E-state index contributed by atoms with van der Waals surface area (Å²) in [5.74, 6) is 2.20. The van der Waals surface area contributed by atoms with Crippen LogP contribution in [0.4, 0.5) is 11.5 Å². The summed E-state index contributed by atoms with van der Waals surface area (Å²) in [5.41, 5.74) is 0.718. The van der Waals surface area contributed by atoms with Crippen LogP contribution in [0.3, 0.4) is 0 Å². The minimum Gasteiger partial charge on any atom is -0.493 e. The molecular weight excluding hydrogens is 428 g/mol. The number of piperidine rings is 1. The molecule has 1 aliphatic heterocycles. The molecule has 1 fully saturated rings. The highest BCUT2D eigenvalue weighted by atomic mass is 35.5. The van der Waals surface area contributed by atoms with E-state index in [0.29, 0.717) is 23.1 Å². The van der Waals surface area contributed by atoms with Gasteiger partial charge in [-0.3, -0.25) is 4.79 Å². The minimum absolute atomic E-state index is 0.0345. The molecule has 0 unspecified atom stereocenters. The summed E-state index contributed by atoms with van der Waals surface area (Å²) in [6, 6.07) is 9.28. The van der Waals surface area contributed by atoms with Gasteiger partial charge in [0, 0.05) is 43.5 Å². The number of hydrogen-bond donors (Lipinski definition) is 1. The zero-order valence-corrected chi connectivity index (χ0v) is 19.9. The normalized spacial score (nSPS) is 14.5. The Balaban J connectivity index is 1.54. The fraction of sp³-hybridized carbons (Fsp3) is 0.500. The average molecular weight is 461 g/mol. The van der Waals surface area contributed by atoms with Crippen molar-refractivity contribution in [1.29, 1.82) is 0 Å². The molecule has 32 heavy (non-hydrogen) atoms. The molecule has 1 saturated heterocycles. The summed E-state index contributed by atoms with van der Waals surface area (Å²) < 4.78 is 11.4. The molecule has 1 N–H and O–H groups in total. The van der Waals surface area contributed by atoms with Crippen LogP contribution in [-0.4, -0.2) is 62.2 Å². The first-order chi connectivity index (χ1) is 15.5. The van der Waals surface area contributed by atoms with Gasteiger partial charge in [-0.25, -0.2) is 4.98 Å². The lowest BCUT2D eigenvalue weighted by Crippen LogP contribution is -2.38. The predicted molar refractivity (Wildman–Crippen MR) is 129 cm³/mol. The average Bonchev–Trinajstić information content (AvgIpc) is 2.82. The fourth-order valence-electron chi connectivity index (χ4n) is 3.86. The van der Waals surface area contributed by atoms with Crippen molar-refractivity contribution in [2.75, 3.05) is 56.7 Å². The summed E-state index contributed by atoms with van der Waals surface area (Å²) in [4.78, 5) is 21.7. The van der Waals surface area contributed by atoms with Crippen LogP contribution in [0.5, 0.6) is 11.5 Å². The summed E-state index contributed by atoms with van der Waals surface area (Å²) in [6.07, 6.45) is 3.21. The first kappa shape index (κ1) is 24.1. The maximum atomic E-state index is 12.9. The van der Waals surface area contributed by atoms with Gasteiger partial charge in [0.2, 0.25) is 5.91 Å². The second-order valence-electron chi connectivity index (χ2n) is 7.83. The van der Waals surface area contributed by atoms with Gasteiger partial charge in [-0.1, -0.05) is 25.4 Å². The molecule has 174 valence electrons. The quantitative estimate of drug-likeness (QED) is 0.569. The largest absolute Gasteiger partial charge is 0.493 e. The van der Waals surface area contributed by atoms with Crippen LogP contribution in [0, 0.1) is 5.92 Å². The summed E-state index contributed by atoms with van der Waals surface area (Å²) >= 11 is 5.92. The third kappa shape index (κ3) is 6.50. The summed E-state index contributed by atoms with van der Waals surface area (Å²) in [7, 11) is 1.62. The number of ether oxygens (including phenoxy) is 2. The number of benzene rings is 1. The number of rotatable bonds is 10. The number of pyridine rings is 1. The van der Waals surface area contributed by atoms with E-state index in [2.05, 4.69) is 33.9 Å². The lowest BCUT2D eigenvalue weighted by atomic mass is 9.95. The van der Waals surface area contributed by atoms with E-state index in [4.69, 9.17) is 21.1 Å². The van der Waals surface area contributed by atoms with Crippen molar-refractivity contribution in [2.24, 2.45) is 5.92 Å². The van der Waals surface area contributed by atoms with Gasteiger partial charge in [0.25, 0.3) is 0 Å². The van der Waals surface area contributed by atoms with Crippen molar-refractivity contribution < 1.29 is 14.3 Å². The van der Waals surface area contributed by atoms with Gasteiger partial charge < -0.3 is 24.6 Å². The molecule has 1 amide bonds. The van der Waals surface area contributed by atoms with Gasteiger partial charge in [-0.2, -0.15) is 0 Å². The van der Waals surface area contributed by atoms with E-state index >= 15 is 0 Å². The molecule has 2 heterocycles. The zero-order chi connectivity index (χ0) is 22.9. The Morgan fingerprint density at radius 3 is 2.56 bits per heavy atom. The molecule has 8 heteroatoms. The van der Waals surface area contributed by atoms with Crippen LogP contribution in [-0.2, 0) is 4.79 Å². The maximum absolute atomic E-state index is 12.9. The molecule has 1 aromatic carbocycles. The van der Waals surface area contributed by atoms with Gasteiger partial charge in [0.15, 0.2) is 11.5 Å². The first-order valence-electron chi connectivity index (χ1n) is 11.2. The highest BCUT2D eigenvalue weighted by molar-refractivity contribution is 6.30. The van der Waals surface area contributed by atoms with Crippen molar-refractivity contribution >= 4 is 29.0 Å². The Labute approximate surface area is 195 Å². The number of anilines is 2. The number of methoxy groups -OCH3 is 1. The van der Waals surface area contributed by atoms with Crippen molar-refractivity contribution in [2.45, 2.75) is 26.7 Å². The number of likely N-dealkylation sites (N-methyl/N-ethyl adjacent to an activating group) is 1. The number of aromatic nitrogens is 1. The molecular formula is C24H33ClN4O3. The molecule has 3 rings (SSSR count). The molecule has 0 spiro atoms. The van der Waals surface area contributed by atoms with Crippen LogP contribution in [0.1, 0.15) is 26.7 Å².